The summed E-state index contributed by atoms with van der Waals surface area (Å²) in [5.41, 5.74) is 2.18. The van der Waals surface area contributed by atoms with Crippen LogP contribution in [0.1, 0.15) is 43.1 Å². The van der Waals surface area contributed by atoms with Crippen molar-refractivity contribution in [3.63, 3.8) is 0 Å². The molecule has 116 valence electrons. The molecular weight excluding hydrogens is 330 g/mol. The Morgan fingerprint density at radius 2 is 2.14 bits per heavy atom. The fourth-order valence-electron chi connectivity index (χ4n) is 2.84. The SMILES string of the molecule is COC(=O)c1ccc(CN2CCC(C(C)(C)C)C2)c(Br)c1. The van der Waals surface area contributed by atoms with Gasteiger partial charge in [0, 0.05) is 17.6 Å². The summed E-state index contributed by atoms with van der Waals surface area (Å²) in [6, 6.07) is 5.70. The molecule has 3 nitrogen and oxygen atoms in total. The molecular formula is C17H24BrNO2. The van der Waals surface area contributed by atoms with Crippen molar-refractivity contribution in [2.45, 2.75) is 33.7 Å². The molecule has 0 aromatic heterocycles. The second kappa shape index (κ2) is 6.49. The number of halogens is 1. The van der Waals surface area contributed by atoms with E-state index in [1.54, 1.807) is 0 Å². The van der Waals surface area contributed by atoms with Crippen molar-refractivity contribution in [2.24, 2.45) is 11.3 Å². The van der Waals surface area contributed by atoms with Crippen LogP contribution in [0.2, 0.25) is 0 Å². The zero-order valence-electron chi connectivity index (χ0n) is 13.3. The van der Waals surface area contributed by atoms with Crippen LogP contribution in [0.15, 0.2) is 22.7 Å². The highest BCUT2D eigenvalue weighted by molar-refractivity contribution is 9.10. The van der Waals surface area contributed by atoms with Gasteiger partial charge in [0.15, 0.2) is 0 Å². The summed E-state index contributed by atoms with van der Waals surface area (Å²) in [6.07, 6.45) is 1.27. The van der Waals surface area contributed by atoms with E-state index in [9.17, 15) is 4.79 Å². The summed E-state index contributed by atoms with van der Waals surface area (Å²) in [5.74, 6) is 0.460. The number of ether oxygens (including phenoxy) is 1. The minimum absolute atomic E-state index is 0.295. The lowest BCUT2D eigenvalue weighted by atomic mass is 9.80. The first-order valence-electron chi connectivity index (χ1n) is 7.40. The van der Waals surface area contributed by atoms with E-state index >= 15 is 0 Å². The number of carbonyl (C=O) groups is 1. The second-order valence-electron chi connectivity index (χ2n) is 6.88. The Balaban J connectivity index is 2.03. The largest absolute Gasteiger partial charge is 0.465 e. The first-order valence-corrected chi connectivity index (χ1v) is 8.19. The van der Waals surface area contributed by atoms with Crippen molar-refractivity contribution >= 4 is 21.9 Å². The van der Waals surface area contributed by atoms with Crippen molar-refractivity contribution in [1.82, 2.24) is 4.90 Å². The van der Waals surface area contributed by atoms with E-state index in [0.29, 0.717) is 11.0 Å². The molecule has 1 atom stereocenters. The zero-order valence-corrected chi connectivity index (χ0v) is 14.9. The molecule has 0 amide bonds. The fraction of sp³-hybridized carbons (Fsp3) is 0.588. The van der Waals surface area contributed by atoms with Gasteiger partial charge in [-0.15, -0.1) is 0 Å². The van der Waals surface area contributed by atoms with Gasteiger partial charge in [-0.1, -0.05) is 42.8 Å². The number of rotatable bonds is 3. The number of carbonyl (C=O) groups excluding carboxylic acids is 1. The van der Waals surface area contributed by atoms with Crippen molar-refractivity contribution in [3.8, 4) is 0 Å². The third-order valence-electron chi connectivity index (χ3n) is 4.37. The molecule has 0 radical (unpaired) electrons. The lowest BCUT2D eigenvalue weighted by molar-refractivity contribution is 0.0600. The van der Waals surface area contributed by atoms with E-state index in [1.807, 2.05) is 18.2 Å². The predicted octanol–water partition coefficient (Wildman–Crippen LogP) is 4.10. The summed E-state index contributed by atoms with van der Waals surface area (Å²) >= 11 is 3.57. The topological polar surface area (TPSA) is 29.5 Å². The molecule has 1 saturated heterocycles. The van der Waals surface area contributed by atoms with E-state index in [2.05, 4.69) is 41.6 Å². The number of benzene rings is 1. The quantitative estimate of drug-likeness (QED) is 0.766. The van der Waals surface area contributed by atoms with E-state index in [0.717, 1.165) is 30.0 Å². The molecule has 1 aromatic rings. The fourth-order valence-corrected chi connectivity index (χ4v) is 3.35. The van der Waals surface area contributed by atoms with E-state index in [-0.39, 0.29) is 5.97 Å². The van der Waals surface area contributed by atoms with Crippen LogP contribution in [0, 0.1) is 11.3 Å². The van der Waals surface area contributed by atoms with Crippen LogP contribution in [0.5, 0.6) is 0 Å². The predicted molar refractivity (Wildman–Crippen MR) is 88.3 cm³/mol. The van der Waals surface area contributed by atoms with Gasteiger partial charge in [0.05, 0.1) is 12.7 Å². The third-order valence-corrected chi connectivity index (χ3v) is 5.10. The van der Waals surface area contributed by atoms with Crippen molar-refractivity contribution < 1.29 is 9.53 Å². The summed E-state index contributed by atoms with van der Waals surface area (Å²) < 4.78 is 5.72. The minimum Gasteiger partial charge on any atom is -0.465 e. The molecule has 0 spiro atoms. The Morgan fingerprint density at radius 3 is 2.67 bits per heavy atom. The minimum atomic E-state index is -0.295. The van der Waals surface area contributed by atoms with E-state index in [4.69, 9.17) is 4.74 Å². The van der Waals surface area contributed by atoms with Gasteiger partial charge >= 0.3 is 5.97 Å². The Kier molecular flexibility index (Phi) is 5.10. The normalized spacial score (nSPS) is 19.8. The maximum Gasteiger partial charge on any atom is 0.337 e. The molecule has 1 aliphatic rings. The van der Waals surface area contributed by atoms with Crippen LogP contribution >= 0.6 is 15.9 Å². The Bertz CT molecular complexity index is 522. The molecule has 1 heterocycles. The van der Waals surface area contributed by atoms with Gasteiger partial charge in [-0.25, -0.2) is 4.79 Å². The summed E-state index contributed by atoms with van der Waals surface area (Å²) in [6.45, 7) is 10.2. The number of methoxy groups -OCH3 is 1. The van der Waals surface area contributed by atoms with Gasteiger partial charge in [0.25, 0.3) is 0 Å². The average molecular weight is 354 g/mol. The maximum atomic E-state index is 11.5. The zero-order chi connectivity index (χ0) is 15.6. The first kappa shape index (κ1) is 16.5. The first-order chi connectivity index (χ1) is 9.81. The van der Waals surface area contributed by atoms with Crippen LogP contribution in [0.3, 0.4) is 0 Å². The highest BCUT2D eigenvalue weighted by atomic mass is 79.9. The molecule has 1 aromatic carbocycles. The summed E-state index contributed by atoms with van der Waals surface area (Å²) in [5, 5.41) is 0. The molecule has 0 saturated carbocycles. The molecule has 0 bridgehead atoms. The number of hydrogen-bond acceptors (Lipinski definition) is 3. The lowest BCUT2D eigenvalue weighted by Crippen LogP contribution is -2.25. The average Bonchev–Trinajstić information content (AvgIpc) is 2.88. The molecule has 2 rings (SSSR count). The molecule has 0 aliphatic carbocycles. The number of esters is 1. The molecule has 0 N–H and O–H groups in total. The highest BCUT2D eigenvalue weighted by Gasteiger charge is 2.31. The van der Waals surface area contributed by atoms with E-state index < -0.39 is 0 Å². The van der Waals surface area contributed by atoms with Crippen LogP contribution in [0.4, 0.5) is 0 Å². The Morgan fingerprint density at radius 1 is 1.43 bits per heavy atom. The molecule has 1 aliphatic heterocycles. The molecule has 4 heteroatoms. The van der Waals surface area contributed by atoms with Gasteiger partial charge in [-0.05, 0) is 42.0 Å². The van der Waals surface area contributed by atoms with Gasteiger partial charge in [0.2, 0.25) is 0 Å². The summed E-state index contributed by atoms with van der Waals surface area (Å²) in [7, 11) is 1.40. The van der Waals surface area contributed by atoms with Gasteiger partial charge in [0.1, 0.15) is 0 Å². The highest BCUT2D eigenvalue weighted by Crippen LogP contribution is 2.34. The van der Waals surface area contributed by atoms with Crippen molar-refractivity contribution in [3.05, 3.63) is 33.8 Å². The van der Waals surface area contributed by atoms with Crippen LogP contribution in [-0.4, -0.2) is 31.1 Å². The second-order valence-corrected chi connectivity index (χ2v) is 7.74. The molecule has 21 heavy (non-hydrogen) atoms. The lowest BCUT2D eigenvalue weighted by Gasteiger charge is -2.27. The van der Waals surface area contributed by atoms with Crippen molar-refractivity contribution in [1.29, 1.82) is 0 Å². The smallest absolute Gasteiger partial charge is 0.337 e. The van der Waals surface area contributed by atoms with Crippen molar-refractivity contribution in [2.75, 3.05) is 20.2 Å². The standard InChI is InChI=1S/C17H24BrNO2/c1-17(2,3)14-7-8-19(11-14)10-13-6-5-12(9-15(13)18)16(20)21-4/h5-6,9,14H,7-8,10-11H2,1-4H3. The van der Waals surface area contributed by atoms with Gasteiger partial charge in [-0.2, -0.15) is 0 Å². The van der Waals surface area contributed by atoms with Crippen LogP contribution in [-0.2, 0) is 11.3 Å². The number of hydrogen-bond donors (Lipinski definition) is 0. The Hall–Kier alpha value is -0.870. The number of nitrogens with zero attached hydrogens (tertiary/aromatic N) is 1. The third kappa shape index (κ3) is 4.07. The monoisotopic (exact) mass is 353 g/mol. The Labute approximate surface area is 135 Å². The van der Waals surface area contributed by atoms with E-state index in [1.165, 1.54) is 19.1 Å². The van der Waals surface area contributed by atoms with Gasteiger partial charge < -0.3 is 4.74 Å². The van der Waals surface area contributed by atoms with Crippen LogP contribution < -0.4 is 0 Å². The van der Waals surface area contributed by atoms with Gasteiger partial charge in [-0.3, -0.25) is 4.90 Å². The summed E-state index contributed by atoms with van der Waals surface area (Å²) in [4.78, 5) is 14.0. The van der Waals surface area contributed by atoms with Crippen LogP contribution in [0.25, 0.3) is 0 Å². The number of likely N-dealkylation sites (tertiary alicyclic amines) is 1. The molecule has 1 unspecified atom stereocenters. The maximum absolute atomic E-state index is 11.5. The molecule has 1 fully saturated rings.